The van der Waals surface area contributed by atoms with Crippen molar-refractivity contribution >= 4 is 22.3 Å². The normalized spacial score (nSPS) is 14.4. The first-order valence-electron chi connectivity index (χ1n) is 11.2. The van der Waals surface area contributed by atoms with Crippen LogP contribution in [0.3, 0.4) is 0 Å². The lowest BCUT2D eigenvalue weighted by Crippen LogP contribution is -2.38. The van der Waals surface area contributed by atoms with Crippen LogP contribution in [-0.4, -0.2) is 29.1 Å². The van der Waals surface area contributed by atoms with Crippen LogP contribution in [0.2, 0.25) is 0 Å². The third-order valence-corrected chi connectivity index (χ3v) is 6.36. The van der Waals surface area contributed by atoms with E-state index >= 15 is 0 Å². The molecule has 3 aromatic carbocycles. The van der Waals surface area contributed by atoms with Crippen LogP contribution in [0, 0.1) is 17.0 Å². The van der Waals surface area contributed by atoms with Crippen LogP contribution >= 0.6 is 0 Å². The average Bonchev–Trinajstić information content (AvgIpc) is 2.86. The van der Waals surface area contributed by atoms with Crippen molar-refractivity contribution in [1.29, 1.82) is 0 Å². The summed E-state index contributed by atoms with van der Waals surface area (Å²) in [6.07, 6.45) is 3.82. The zero-order valence-electron chi connectivity index (χ0n) is 18.5. The minimum atomic E-state index is -0.368. The van der Waals surface area contributed by atoms with E-state index in [1.807, 2.05) is 36.5 Å². The van der Waals surface area contributed by atoms with E-state index in [2.05, 4.69) is 47.1 Å². The summed E-state index contributed by atoms with van der Waals surface area (Å²) in [7, 11) is 0. The molecule has 0 amide bonds. The highest BCUT2D eigenvalue weighted by Gasteiger charge is 2.21. The topological polar surface area (TPSA) is 68.5 Å². The summed E-state index contributed by atoms with van der Waals surface area (Å²) in [5, 5.41) is 12.0. The average molecular weight is 440 g/mol. The Kier molecular flexibility index (Phi) is 5.65. The molecular weight excluding hydrogens is 414 g/mol. The van der Waals surface area contributed by atoms with Gasteiger partial charge in [0.15, 0.2) is 0 Å². The van der Waals surface area contributed by atoms with Crippen LogP contribution in [0.5, 0.6) is 5.75 Å². The molecule has 1 aliphatic rings. The summed E-state index contributed by atoms with van der Waals surface area (Å²) >= 11 is 0. The van der Waals surface area contributed by atoms with Gasteiger partial charge in [-0.25, -0.2) is 0 Å². The molecule has 6 nitrogen and oxygen atoms in total. The van der Waals surface area contributed by atoms with Crippen LogP contribution < -0.4 is 9.64 Å². The molecule has 166 valence electrons. The Balaban J connectivity index is 1.22. The van der Waals surface area contributed by atoms with Gasteiger partial charge in [0.05, 0.1) is 10.4 Å². The standard InChI is InChI=1S/C27H25N3O3/c1-19-26(13-6-21-3-2-16-28-27(19)21)20-4-11-24(12-5-20)33-25-14-17-29(18-15-25)22-7-9-23(10-8-22)30(31)32/h2-13,16,25H,14-15,17-18H2,1H3. The Morgan fingerprint density at radius 1 is 0.970 bits per heavy atom. The number of rotatable bonds is 5. The monoisotopic (exact) mass is 439 g/mol. The van der Waals surface area contributed by atoms with Gasteiger partial charge in [-0.05, 0) is 53.9 Å². The molecule has 0 unspecified atom stereocenters. The Bertz CT molecular complexity index is 1280. The van der Waals surface area contributed by atoms with Gasteiger partial charge in [-0.1, -0.05) is 30.3 Å². The number of non-ortho nitro benzene ring substituents is 1. The molecule has 0 atom stereocenters. The lowest BCUT2D eigenvalue weighted by atomic mass is 9.98. The molecule has 1 aromatic heterocycles. The maximum atomic E-state index is 10.8. The first-order chi connectivity index (χ1) is 16.1. The lowest BCUT2D eigenvalue weighted by molar-refractivity contribution is -0.384. The number of aromatic nitrogens is 1. The van der Waals surface area contributed by atoms with Crippen molar-refractivity contribution in [1.82, 2.24) is 4.98 Å². The quantitative estimate of drug-likeness (QED) is 0.275. The number of ether oxygens (including phenoxy) is 1. The Labute approximate surface area is 192 Å². The number of hydrogen-bond acceptors (Lipinski definition) is 5. The number of aryl methyl sites for hydroxylation is 1. The van der Waals surface area contributed by atoms with Gasteiger partial charge in [0.2, 0.25) is 0 Å². The molecule has 1 saturated heterocycles. The molecule has 0 spiro atoms. The first kappa shape index (κ1) is 20.9. The minimum absolute atomic E-state index is 0.121. The molecule has 1 fully saturated rings. The van der Waals surface area contributed by atoms with E-state index in [-0.39, 0.29) is 16.7 Å². The molecule has 0 bridgehead atoms. The predicted octanol–water partition coefficient (Wildman–Crippen LogP) is 6.17. The van der Waals surface area contributed by atoms with Gasteiger partial charge in [-0.2, -0.15) is 0 Å². The maximum absolute atomic E-state index is 10.8. The third-order valence-electron chi connectivity index (χ3n) is 6.36. The van der Waals surface area contributed by atoms with Crippen molar-refractivity contribution in [3.63, 3.8) is 0 Å². The van der Waals surface area contributed by atoms with Gasteiger partial charge in [0, 0.05) is 55.3 Å². The van der Waals surface area contributed by atoms with Crippen molar-refractivity contribution in [2.45, 2.75) is 25.9 Å². The summed E-state index contributed by atoms with van der Waals surface area (Å²) in [5.41, 5.74) is 5.69. The van der Waals surface area contributed by atoms with E-state index in [1.165, 1.54) is 11.1 Å². The van der Waals surface area contributed by atoms with Crippen LogP contribution in [0.1, 0.15) is 18.4 Å². The largest absolute Gasteiger partial charge is 0.490 e. The van der Waals surface area contributed by atoms with Gasteiger partial charge in [0.25, 0.3) is 5.69 Å². The van der Waals surface area contributed by atoms with Gasteiger partial charge in [-0.3, -0.25) is 15.1 Å². The molecular formula is C27H25N3O3. The van der Waals surface area contributed by atoms with E-state index in [4.69, 9.17) is 4.74 Å². The molecule has 0 aliphatic carbocycles. The zero-order valence-corrected chi connectivity index (χ0v) is 18.5. The fourth-order valence-electron chi connectivity index (χ4n) is 4.53. The molecule has 5 rings (SSSR count). The van der Waals surface area contributed by atoms with E-state index in [0.717, 1.165) is 53.8 Å². The van der Waals surface area contributed by atoms with E-state index in [0.29, 0.717) is 0 Å². The number of hydrogen-bond donors (Lipinski definition) is 0. The molecule has 4 aromatic rings. The van der Waals surface area contributed by atoms with Crippen LogP contribution in [0.25, 0.3) is 22.0 Å². The minimum Gasteiger partial charge on any atom is -0.490 e. The number of nitrogens with zero attached hydrogens (tertiary/aromatic N) is 3. The highest BCUT2D eigenvalue weighted by atomic mass is 16.6. The molecule has 0 N–H and O–H groups in total. The van der Waals surface area contributed by atoms with Gasteiger partial charge in [0.1, 0.15) is 11.9 Å². The Morgan fingerprint density at radius 3 is 2.39 bits per heavy atom. The van der Waals surface area contributed by atoms with Crippen molar-refractivity contribution in [3.05, 3.63) is 94.7 Å². The van der Waals surface area contributed by atoms with Gasteiger partial charge >= 0.3 is 0 Å². The third kappa shape index (κ3) is 4.37. The fraction of sp³-hybridized carbons (Fsp3) is 0.222. The van der Waals surface area contributed by atoms with Crippen molar-refractivity contribution in [2.24, 2.45) is 0 Å². The number of benzene rings is 3. The van der Waals surface area contributed by atoms with E-state index in [9.17, 15) is 10.1 Å². The second-order valence-corrected chi connectivity index (χ2v) is 8.42. The van der Waals surface area contributed by atoms with E-state index in [1.54, 1.807) is 12.1 Å². The number of pyridine rings is 1. The highest BCUT2D eigenvalue weighted by molar-refractivity contribution is 5.88. The molecule has 33 heavy (non-hydrogen) atoms. The second kappa shape index (κ2) is 8.90. The molecule has 1 aliphatic heterocycles. The van der Waals surface area contributed by atoms with Crippen molar-refractivity contribution in [3.8, 4) is 16.9 Å². The number of fused-ring (bicyclic) bond motifs is 1. The predicted molar refractivity (Wildman–Crippen MR) is 131 cm³/mol. The van der Waals surface area contributed by atoms with Crippen LogP contribution in [-0.2, 0) is 0 Å². The number of piperidine rings is 1. The fourth-order valence-corrected chi connectivity index (χ4v) is 4.53. The molecule has 2 heterocycles. The second-order valence-electron chi connectivity index (χ2n) is 8.42. The van der Waals surface area contributed by atoms with Crippen LogP contribution in [0.15, 0.2) is 79.0 Å². The summed E-state index contributed by atoms with van der Waals surface area (Å²) in [4.78, 5) is 17.3. The molecule has 0 radical (unpaired) electrons. The highest BCUT2D eigenvalue weighted by Crippen LogP contribution is 2.31. The molecule has 6 heteroatoms. The van der Waals surface area contributed by atoms with Gasteiger partial charge < -0.3 is 9.64 Å². The SMILES string of the molecule is Cc1c(-c2ccc(OC3CCN(c4ccc([N+](=O)[O-])cc4)CC3)cc2)ccc2cccnc12. The van der Waals surface area contributed by atoms with E-state index < -0.39 is 0 Å². The zero-order chi connectivity index (χ0) is 22.8. The lowest BCUT2D eigenvalue weighted by Gasteiger charge is -2.33. The summed E-state index contributed by atoms with van der Waals surface area (Å²) in [5.74, 6) is 0.879. The van der Waals surface area contributed by atoms with Gasteiger partial charge in [-0.15, -0.1) is 0 Å². The van der Waals surface area contributed by atoms with Crippen LogP contribution in [0.4, 0.5) is 11.4 Å². The number of anilines is 1. The summed E-state index contributed by atoms with van der Waals surface area (Å²) < 4.78 is 6.25. The molecule has 0 saturated carbocycles. The Morgan fingerprint density at radius 2 is 1.70 bits per heavy atom. The maximum Gasteiger partial charge on any atom is 0.269 e. The van der Waals surface area contributed by atoms with Crippen molar-refractivity contribution in [2.75, 3.05) is 18.0 Å². The summed E-state index contributed by atoms with van der Waals surface area (Å²) in [6, 6.07) is 23.4. The number of nitro groups is 1. The summed E-state index contributed by atoms with van der Waals surface area (Å²) in [6.45, 7) is 3.85. The first-order valence-corrected chi connectivity index (χ1v) is 11.2. The Hall–Kier alpha value is -3.93. The smallest absolute Gasteiger partial charge is 0.269 e. The van der Waals surface area contributed by atoms with Crippen molar-refractivity contribution < 1.29 is 9.66 Å². The number of nitro benzene ring substituents is 1.